The number of ether oxygens (including phenoxy) is 1. The van der Waals surface area contributed by atoms with Crippen LogP contribution in [0, 0.1) is 5.92 Å². The lowest BCUT2D eigenvalue weighted by Crippen LogP contribution is -2.37. The molecule has 1 aliphatic rings. The van der Waals surface area contributed by atoms with Gasteiger partial charge in [0.25, 0.3) is 5.56 Å². The van der Waals surface area contributed by atoms with Gasteiger partial charge in [0.1, 0.15) is 5.82 Å². The number of primary amides is 1. The first kappa shape index (κ1) is 20.2. The first-order valence-corrected chi connectivity index (χ1v) is 10.6. The van der Waals surface area contributed by atoms with Crippen LogP contribution in [-0.4, -0.2) is 56.9 Å². The molecule has 0 aliphatic carbocycles. The van der Waals surface area contributed by atoms with Gasteiger partial charge in [-0.25, -0.2) is 4.79 Å². The average Bonchev–Trinajstić information content (AvgIpc) is 2.65. The van der Waals surface area contributed by atoms with Crippen LogP contribution in [0.4, 0.5) is 10.6 Å². The number of anilines is 1. The van der Waals surface area contributed by atoms with Crippen LogP contribution in [0.1, 0.15) is 19.3 Å². The summed E-state index contributed by atoms with van der Waals surface area (Å²) in [5.41, 5.74) is 4.56. The molecule has 0 saturated carbocycles. The molecule has 1 fully saturated rings. The molecule has 28 heavy (non-hydrogen) atoms. The molecule has 0 aromatic carbocycles. The number of nitrogens with zero attached hydrogens (tertiary/aromatic N) is 4. The Labute approximate surface area is 160 Å². The van der Waals surface area contributed by atoms with E-state index < -0.39 is 19.2 Å². The van der Waals surface area contributed by atoms with Crippen molar-refractivity contribution in [3.63, 3.8) is 0 Å². The lowest BCUT2D eigenvalue weighted by Gasteiger charge is -2.33. The molecular formula is C16H22N5O6P. The van der Waals surface area contributed by atoms with E-state index in [1.54, 1.807) is 6.07 Å². The minimum atomic E-state index is -4.01. The van der Waals surface area contributed by atoms with Crippen LogP contribution in [0.25, 0.3) is 10.8 Å². The van der Waals surface area contributed by atoms with Crippen molar-refractivity contribution in [2.75, 3.05) is 31.3 Å². The van der Waals surface area contributed by atoms with Crippen LogP contribution >= 0.6 is 7.60 Å². The molecule has 0 unspecified atom stereocenters. The number of methoxy groups -OCH3 is 1. The smallest absolute Gasteiger partial charge is 0.342 e. The predicted octanol–water partition coefficient (Wildman–Crippen LogP) is 0.511. The van der Waals surface area contributed by atoms with E-state index in [9.17, 15) is 14.2 Å². The van der Waals surface area contributed by atoms with E-state index in [0.29, 0.717) is 54.1 Å². The van der Waals surface area contributed by atoms with E-state index in [4.69, 9.17) is 20.3 Å². The second-order valence-electron chi connectivity index (χ2n) is 6.76. The van der Waals surface area contributed by atoms with Crippen LogP contribution in [-0.2, 0) is 4.57 Å². The van der Waals surface area contributed by atoms with E-state index in [-0.39, 0.29) is 17.5 Å². The Bertz CT molecular complexity index is 995. The Morgan fingerprint density at radius 3 is 2.64 bits per heavy atom. The summed E-state index contributed by atoms with van der Waals surface area (Å²) in [6.45, 7) is 1.11. The topological polar surface area (TPSA) is 161 Å². The highest BCUT2D eigenvalue weighted by Crippen LogP contribution is 2.38. The van der Waals surface area contributed by atoms with Crippen molar-refractivity contribution in [2.45, 2.75) is 19.3 Å². The van der Waals surface area contributed by atoms with Crippen molar-refractivity contribution in [1.29, 1.82) is 0 Å². The zero-order valence-corrected chi connectivity index (χ0v) is 16.2. The number of fused-ring (bicyclic) bond motifs is 1. The summed E-state index contributed by atoms with van der Waals surface area (Å²) in [5.74, 6) is 0.874. The van der Waals surface area contributed by atoms with Gasteiger partial charge in [0, 0.05) is 24.5 Å². The van der Waals surface area contributed by atoms with Crippen molar-refractivity contribution in [3.8, 4) is 5.88 Å². The molecule has 4 N–H and O–H groups in total. The summed E-state index contributed by atoms with van der Waals surface area (Å²) in [6.07, 6.45) is 3.09. The van der Waals surface area contributed by atoms with Crippen molar-refractivity contribution in [3.05, 3.63) is 22.6 Å². The molecule has 11 nitrogen and oxygen atoms in total. The molecule has 3 rings (SSSR count). The number of aromatic nitrogens is 3. The summed E-state index contributed by atoms with van der Waals surface area (Å²) in [7, 11) is -2.55. The normalized spacial score (nSPS) is 15.8. The minimum Gasteiger partial charge on any atom is -0.481 e. The Balaban J connectivity index is 1.92. The van der Waals surface area contributed by atoms with Gasteiger partial charge in [-0.15, -0.1) is 4.68 Å². The maximum absolute atomic E-state index is 12.7. The highest BCUT2D eigenvalue weighted by molar-refractivity contribution is 7.51. The Morgan fingerprint density at radius 1 is 1.39 bits per heavy atom. The van der Waals surface area contributed by atoms with Gasteiger partial charge >= 0.3 is 13.6 Å². The average molecular weight is 411 g/mol. The number of nitrogens with two attached hydrogens (primary N) is 1. The molecule has 3 heterocycles. The lowest BCUT2D eigenvalue weighted by atomic mass is 9.94. The van der Waals surface area contributed by atoms with E-state index in [0.717, 1.165) is 0 Å². The Morgan fingerprint density at radius 2 is 2.07 bits per heavy atom. The third-order valence-corrected chi connectivity index (χ3v) is 5.73. The summed E-state index contributed by atoms with van der Waals surface area (Å²) in [6, 6.07) is 0.579. The first-order chi connectivity index (χ1) is 13.2. The second kappa shape index (κ2) is 7.86. The number of hydrogen-bond donors (Lipinski definition) is 3. The second-order valence-corrected chi connectivity index (χ2v) is 8.54. The van der Waals surface area contributed by atoms with Gasteiger partial charge in [-0.3, -0.25) is 9.36 Å². The van der Waals surface area contributed by atoms with Crippen molar-refractivity contribution >= 4 is 30.2 Å². The van der Waals surface area contributed by atoms with Crippen molar-refractivity contribution < 1.29 is 23.9 Å². The highest BCUT2D eigenvalue weighted by atomic mass is 31.2. The summed E-state index contributed by atoms with van der Waals surface area (Å²) < 4.78 is 16.9. The molecule has 0 radical (unpaired) electrons. The standard InChI is InChI=1S/C16H22N5O6P/c1-27-12-8-11-9-18-21(16(17)23)15(22)13(11)14(19-12)20-5-2-10(3-6-20)4-7-28(24,25)26/h8-10H,2-7H2,1H3,(H2,17,23)(H2,24,25,26). The number of hydrogen-bond acceptors (Lipinski definition) is 7. The van der Waals surface area contributed by atoms with Crippen LogP contribution in [0.2, 0.25) is 0 Å². The summed E-state index contributed by atoms with van der Waals surface area (Å²) in [4.78, 5) is 48.6. The fourth-order valence-corrected chi connectivity index (χ4v) is 4.10. The van der Waals surface area contributed by atoms with E-state index in [1.807, 2.05) is 4.90 Å². The zero-order chi connectivity index (χ0) is 20.5. The number of pyridine rings is 1. The number of rotatable bonds is 5. The van der Waals surface area contributed by atoms with Crippen LogP contribution < -0.4 is 20.9 Å². The molecular weight excluding hydrogens is 389 g/mol. The van der Waals surface area contributed by atoms with Crippen LogP contribution in [0.3, 0.4) is 0 Å². The third-order valence-electron chi connectivity index (χ3n) is 4.89. The molecule has 2 aromatic heterocycles. The molecule has 0 atom stereocenters. The zero-order valence-electron chi connectivity index (χ0n) is 15.3. The van der Waals surface area contributed by atoms with Gasteiger partial charge in [-0.1, -0.05) is 0 Å². The Kier molecular flexibility index (Phi) is 5.69. The summed E-state index contributed by atoms with van der Waals surface area (Å²) >= 11 is 0. The van der Waals surface area contributed by atoms with Crippen LogP contribution in [0.15, 0.2) is 17.1 Å². The molecule has 0 spiro atoms. The Hall–Kier alpha value is -2.49. The fourth-order valence-electron chi connectivity index (χ4n) is 3.40. The highest BCUT2D eigenvalue weighted by Gasteiger charge is 2.26. The minimum absolute atomic E-state index is 0.132. The predicted molar refractivity (Wildman–Crippen MR) is 102 cm³/mol. The van der Waals surface area contributed by atoms with E-state index in [2.05, 4.69) is 10.1 Å². The first-order valence-electron chi connectivity index (χ1n) is 8.76. The molecule has 152 valence electrons. The fraction of sp³-hybridized carbons (Fsp3) is 0.500. The van der Waals surface area contributed by atoms with Crippen molar-refractivity contribution in [1.82, 2.24) is 14.8 Å². The van der Waals surface area contributed by atoms with Crippen molar-refractivity contribution in [2.24, 2.45) is 11.7 Å². The van der Waals surface area contributed by atoms with Gasteiger partial charge in [0.2, 0.25) is 5.88 Å². The van der Waals surface area contributed by atoms with E-state index in [1.165, 1.54) is 13.3 Å². The lowest BCUT2D eigenvalue weighted by molar-refractivity contribution is 0.246. The van der Waals surface area contributed by atoms with Gasteiger partial charge in [0.15, 0.2) is 0 Å². The van der Waals surface area contributed by atoms with Gasteiger partial charge < -0.3 is 25.2 Å². The largest absolute Gasteiger partial charge is 0.481 e. The van der Waals surface area contributed by atoms with Gasteiger partial charge in [-0.2, -0.15) is 10.1 Å². The molecule has 1 saturated heterocycles. The molecule has 12 heteroatoms. The number of piperidine rings is 1. The SMILES string of the molecule is COc1cc2cnn(C(N)=O)c(=O)c2c(N2CCC(CCP(=O)(O)O)CC2)n1. The maximum atomic E-state index is 12.7. The number of carbonyl (C=O) groups is 1. The van der Waals surface area contributed by atoms with Gasteiger partial charge in [-0.05, 0) is 25.2 Å². The number of carbonyl (C=O) groups excluding carboxylic acids is 1. The van der Waals surface area contributed by atoms with E-state index >= 15 is 0 Å². The molecule has 0 bridgehead atoms. The summed E-state index contributed by atoms with van der Waals surface area (Å²) in [5, 5.41) is 4.49. The molecule has 1 aliphatic heterocycles. The quantitative estimate of drug-likeness (QED) is 0.595. The monoisotopic (exact) mass is 411 g/mol. The maximum Gasteiger partial charge on any atom is 0.342 e. The number of amides is 1. The van der Waals surface area contributed by atoms with Crippen LogP contribution in [0.5, 0.6) is 5.88 Å². The molecule has 2 aromatic rings. The van der Waals surface area contributed by atoms with Gasteiger partial charge in [0.05, 0.1) is 24.9 Å². The third kappa shape index (κ3) is 4.32. The molecule has 1 amide bonds.